The first-order valence-corrected chi connectivity index (χ1v) is 10.8. The number of hydrogen-bond acceptors (Lipinski definition) is 4. The summed E-state index contributed by atoms with van der Waals surface area (Å²) in [7, 11) is 0. The highest BCUT2D eigenvalue weighted by Gasteiger charge is 2.25. The maximum absolute atomic E-state index is 13.2. The average molecular weight is 428 g/mol. The van der Waals surface area contributed by atoms with Crippen molar-refractivity contribution in [1.82, 2.24) is 14.5 Å². The van der Waals surface area contributed by atoms with E-state index in [9.17, 15) is 9.59 Å². The molecule has 5 rings (SSSR count). The van der Waals surface area contributed by atoms with Crippen LogP contribution in [0.2, 0.25) is 0 Å². The molecule has 1 saturated heterocycles. The Balaban J connectivity index is 1.26. The number of benzene rings is 2. The number of rotatable bonds is 5. The molecule has 2 amide bonds. The Kier molecular flexibility index (Phi) is 5.46. The molecule has 1 N–H and O–H groups in total. The fourth-order valence-electron chi connectivity index (χ4n) is 4.35. The molecule has 2 aromatic carbocycles. The van der Waals surface area contributed by atoms with Crippen LogP contribution in [-0.4, -0.2) is 39.4 Å². The Labute approximate surface area is 185 Å². The van der Waals surface area contributed by atoms with Gasteiger partial charge in [-0.15, -0.1) is 0 Å². The van der Waals surface area contributed by atoms with Crippen LogP contribution in [-0.2, 0) is 6.54 Å². The molecule has 0 bridgehead atoms. The van der Waals surface area contributed by atoms with E-state index in [1.165, 1.54) is 6.26 Å². The molecule has 1 aliphatic rings. The number of carbonyl (C=O) groups excluding carboxylic acids is 2. The van der Waals surface area contributed by atoms with Crippen LogP contribution < -0.4 is 5.32 Å². The van der Waals surface area contributed by atoms with Crippen molar-refractivity contribution in [1.29, 1.82) is 0 Å². The molecule has 1 fully saturated rings. The van der Waals surface area contributed by atoms with Crippen molar-refractivity contribution in [3.05, 3.63) is 84.6 Å². The van der Waals surface area contributed by atoms with E-state index in [0.717, 1.165) is 37.0 Å². The quantitative estimate of drug-likeness (QED) is 0.510. The van der Waals surface area contributed by atoms with Gasteiger partial charge in [0.1, 0.15) is 0 Å². The van der Waals surface area contributed by atoms with Crippen molar-refractivity contribution >= 4 is 28.5 Å². The third-order valence-corrected chi connectivity index (χ3v) is 5.90. The number of amides is 2. The van der Waals surface area contributed by atoms with Crippen molar-refractivity contribution in [2.75, 3.05) is 18.4 Å². The van der Waals surface area contributed by atoms with E-state index in [1.54, 1.807) is 36.4 Å². The predicted molar refractivity (Wildman–Crippen MR) is 121 cm³/mol. The minimum absolute atomic E-state index is 0.0145. The van der Waals surface area contributed by atoms with Crippen molar-refractivity contribution in [3.8, 4) is 0 Å². The minimum Gasteiger partial charge on any atom is -0.459 e. The first kappa shape index (κ1) is 20.1. The van der Waals surface area contributed by atoms with Crippen molar-refractivity contribution in [2.24, 2.45) is 5.92 Å². The van der Waals surface area contributed by atoms with Gasteiger partial charge in [-0.25, -0.2) is 4.98 Å². The van der Waals surface area contributed by atoms with Crippen LogP contribution >= 0.6 is 0 Å². The molecule has 4 aromatic rings. The van der Waals surface area contributed by atoms with Crippen molar-refractivity contribution < 1.29 is 14.0 Å². The molecule has 7 nitrogen and oxygen atoms in total. The topological polar surface area (TPSA) is 80.4 Å². The summed E-state index contributed by atoms with van der Waals surface area (Å²) in [5, 5.41) is 2.78. The fourth-order valence-corrected chi connectivity index (χ4v) is 4.35. The number of anilines is 1. The Bertz CT molecular complexity index is 1250. The third-order valence-electron chi connectivity index (χ3n) is 5.90. The third kappa shape index (κ3) is 4.14. The first-order chi connectivity index (χ1) is 15.7. The van der Waals surface area contributed by atoms with E-state index in [2.05, 4.69) is 20.9 Å². The zero-order valence-electron chi connectivity index (χ0n) is 17.6. The maximum atomic E-state index is 13.2. The monoisotopic (exact) mass is 428 g/mol. The second-order valence-corrected chi connectivity index (χ2v) is 8.16. The Morgan fingerprint density at radius 2 is 2.00 bits per heavy atom. The number of furan rings is 1. The van der Waals surface area contributed by atoms with E-state index >= 15 is 0 Å². The number of fused-ring (bicyclic) bond motifs is 1. The molecule has 162 valence electrons. The fraction of sp³-hybridized carbons (Fsp3) is 0.240. The van der Waals surface area contributed by atoms with Crippen LogP contribution in [0.15, 0.2) is 77.7 Å². The van der Waals surface area contributed by atoms with Crippen LogP contribution in [0.1, 0.15) is 33.8 Å². The molecule has 32 heavy (non-hydrogen) atoms. The Morgan fingerprint density at radius 1 is 1.09 bits per heavy atom. The molecule has 7 heteroatoms. The van der Waals surface area contributed by atoms with Crippen LogP contribution in [0.4, 0.5) is 5.69 Å². The number of carbonyl (C=O) groups is 2. The predicted octanol–water partition coefficient (Wildman–Crippen LogP) is 4.43. The number of likely N-dealkylation sites (tertiary alicyclic amines) is 1. The standard InChI is InChI=1S/C25H24N4O3/c30-24(23-11-5-13-32-23)27-20-8-3-7-19(14-20)25(31)28-12-4-6-18(15-28)16-29-17-26-21-9-1-2-10-22(21)29/h1-3,5,7-11,13-14,17-18H,4,6,12,15-16H2,(H,27,30)/t18-/m0/s1. The Hall–Kier alpha value is -3.87. The molecular formula is C25H24N4O3. The normalized spacial score (nSPS) is 16.2. The van der Waals surface area contributed by atoms with Crippen molar-refractivity contribution in [2.45, 2.75) is 19.4 Å². The average Bonchev–Trinajstić information content (AvgIpc) is 3.50. The zero-order valence-corrected chi connectivity index (χ0v) is 17.6. The number of imidazole rings is 1. The highest BCUT2D eigenvalue weighted by atomic mass is 16.3. The van der Waals surface area contributed by atoms with Gasteiger partial charge in [-0.3, -0.25) is 9.59 Å². The van der Waals surface area contributed by atoms with Crippen molar-refractivity contribution in [3.63, 3.8) is 0 Å². The lowest BCUT2D eigenvalue weighted by atomic mass is 9.97. The zero-order chi connectivity index (χ0) is 21.9. The summed E-state index contributed by atoms with van der Waals surface area (Å²) in [6, 6.07) is 18.4. The van der Waals surface area contributed by atoms with Crippen LogP contribution in [0.25, 0.3) is 11.0 Å². The summed E-state index contributed by atoms with van der Waals surface area (Å²) in [6.45, 7) is 2.28. The largest absolute Gasteiger partial charge is 0.459 e. The summed E-state index contributed by atoms with van der Waals surface area (Å²) in [5.74, 6) is 0.240. The molecule has 0 unspecified atom stereocenters. The van der Waals surface area contributed by atoms with Gasteiger partial charge < -0.3 is 19.2 Å². The smallest absolute Gasteiger partial charge is 0.291 e. The lowest BCUT2D eigenvalue weighted by Crippen LogP contribution is -2.41. The second kappa shape index (κ2) is 8.70. The van der Waals surface area contributed by atoms with Gasteiger partial charge in [0.2, 0.25) is 0 Å². The first-order valence-electron chi connectivity index (χ1n) is 10.8. The lowest BCUT2D eigenvalue weighted by molar-refractivity contribution is 0.0663. The summed E-state index contributed by atoms with van der Waals surface area (Å²) in [5.41, 5.74) is 3.24. The highest BCUT2D eigenvalue weighted by Crippen LogP contribution is 2.23. The van der Waals surface area contributed by atoms with Gasteiger partial charge in [0.05, 0.1) is 23.6 Å². The molecular weight excluding hydrogens is 404 g/mol. The summed E-state index contributed by atoms with van der Waals surface area (Å²) < 4.78 is 7.31. The van der Waals surface area contributed by atoms with Gasteiger partial charge >= 0.3 is 0 Å². The lowest BCUT2D eigenvalue weighted by Gasteiger charge is -2.33. The number of para-hydroxylation sites is 2. The van der Waals surface area contributed by atoms with E-state index in [-0.39, 0.29) is 17.6 Å². The van der Waals surface area contributed by atoms with Gasteiger partial charge in [-0.1, -0.05) is 18.2 Å². The van der Waals surface area contributed by atoms with E-state index < -0.39 is 0 Å². The molecule has 3 heterocycles. The van der Waals surface area contributed by atoms with Crippen LogP contribution in [0.3, 0.4) is 0 Å². The SMILES string of the molecule is O=C(Nc1cccc(C(=O)N2CCC[C@H](Cn3cnc4ccccc43)C2)c1)c1ccco1. The van der Waals surface area contributed by atoms with Gasteiger partial charge in [-0.2, -0.15) is 0 Å². The molecule has 0 spiro atoms. The Morgan fingerprint density at radius 3 is 2.88 bits per heavy atom. The minimum atomic E-state index is -0.342. The van der Waals surface area contributed by atoms with Crippen LogP contribution in [0.5, 0.6) is 0 Å². The summed E-state index contributed by atoms with van der Waals surface area (Å²) in [4.78, 5) is 31.8. The molecule has 0 aliphatic carbocycles. The maximum Gasteiger partial charge on any atom is 0.291 e. The van der Waals surface area contributed by atoms with Gasteiger partial charge in [0.25, 0.3) is 11.8 Å². The number of hydrogen-bond donors (Lipinski definition) is 1. The number of nitrogens with zero attached hydrogens (tertiary/aromatic N) is 3. The highest BCUT2D eigenvalue weighted by molar-refractivity contribution is 6.03. The number of nitrogens with one attached hydrogen (secondary N) is 1. The molecule has 0 saturated carbocycles. The summed E-state index contributed by atoms with van der Waals surface area (Å²) in [6.07, 6.45) is 5.39. The van der Waals surface area contributed by atoms with Gasteiger partial charge in [0.15, 0.2) is 5.76 Å². The van der Waals surface area contributed by atoms with E-state index in [4.69, 9.17) is 4.42 Å². The molecule has 0 radical (unpaired) electrons. The van der Waals surface area contributed by atoms with E-state index in [0.29, 0.717) is 23.7 Å². The molecule has 1 atom stereocenters. The number of piperidine rings is 1. The second-order valence-electron chi connectivity index (χ2n) is 8.16. The molecule has 2 aromatic heterocycles. The summed E-state index contributed by atoms with van der Waals surface area (Å²) >= 11 is 0. The molecule has 1 aliphatic heterocycles. The van der Waals surface area contributed by atoms with Gasteiger partial charge in [-0.05, 0) is 61.2 Å². The van der Waals surface area contributed by atoms with E-state index in [1.807, 2.05) is 29.4 Å². The van der Waals surface area contributed by atoms with Crippen LogP contribution in [0, 0.1) is 5.92 Å². The number of aromatic nitrogens is 2. The van der Waals surface area contributed by atoms with Gasteiger partial charge in [0, 0.05) is 30.9 Å².